The van der Waals surface area contributed by atoms with Crippen molar-refractivity contribution in [3.8, 4) is 5.75 Å². The summed E-state index contributed by atoms with van der Waals surface area (Å²) in [5.74, 6) is 0.696. The van der Waals surface area contributed by atoms with Gasteiger partial charge in [-0.3, -0.25) is 15.0 Å². The zero-order valence-electron chi connectivity index (χ0n) is 15.3. The number of ether oxygens (including phenoxy) is 3. The lowest BCUT2D eigenvalue weighted by atomic mass is 10.1. The smallest absolute Gasteiger partial charge is 0.410 e. The van der Waals surface area contributed by atoms with Gasteiger partial charge in [0.25, 0.3) is 5.69 Å². The number of hydrogen-bond acceptors (Lipinski definition) is 7. The molecule has 0 radical (unpaired) electrons. The lowest BCUT2D eigenvalue weighted by molar-refractivity contribution is -0.384. The van der Waals surface area contributed by atoms with Crippen LogP contribution in [0.5, 0.6) is 5.75 Å². The van der Waals surface area contributed by atoms with E-state index in [4.69, 9.17) is 14.2 Å². The average molecular weight is 452 g/mol. The summed E-state index contributed by atoms with van der Waals surface area (Å²) in [5.41, 5.74) is 1.33. The number of aryl methyl sites for hydroxylation is 1. The van der Waals surface area contributed by atoms with Gasteiger partial charge in [-0.05, 0) is 52.5 Å². The summed E-state index contributed by atoms with van der Waals surface area (Å²) in [7, 11) is 3.00. The van der Waals surface area contributed by atoms with Gasteiger partial charge in [0.05, 0.1) is 4.92 Å². The fourth-order valence-corrected chi connectivity index (χ4v) is 3.49. The zero-order valence-corrected chi connectivity index (χ0v) is 16.8. The van der Waals surface area contributed by atoms with E-state index < -0.39 is 17.3 Å². The van der Waals surface area contributed by atoms with Crippen LogP contribution >= 0.6 is 15.9 Å². The molecule has 1 aliphatic rings. The summed E-state index contributed by atoms with van der Waals surface area (Å²) in [6.07, 6.45) is 0.233. The highest BCUT2D eigenvalue weighted by atomic mass is 79.9. The zero-order chi connectivity index (χ0) is 20.3. The predicted molar refractivity (Wildman–Crippen MR) is 103 cm³/mol. The van der Waals surface area contributed by atoms with Crippen molar-refractivity contribution < 1.29 is 23.9 Å². The summed E-state index contributed by atoms with van der Waals surface area (Å²) in [6.45, 7) is 0.442. The topological polar surface area (TPSA) is 104 Å². The molecule has 2 heterocycles. The van der Waals surface area contributed by atoms with Gasteiger partial charge >= 0.3 is 6.09 Å². The van der Waals surface area contributed by atoms with Crippen LogP contribution in [0.15, 0.2) is 34.8 Å². The van der Waals surface area contributed by atoms with Crippen molar-refractivity contribution in [2.75, 3.05) is 25.7 Å². The number of hydrogen-bond donors (Lipinski definition) is 0. The predicted octanol–water partition coefficient (Wildman–Crippen LogP) is 4.00. The molecule has 148 valence electrons. The van der Waals surface area contributed by atoms with Crippen LogP contribution in [-0.4, -0.2) is 36.8 Å². The molecule has 0 atom stereocenters. The Morgan fingerprint density at radius 3 is 2.57 bits per heavy atom. The molecule has 0 spiro atoms. The first kappa shape index (κ1) is 20.2. The number of halogens is 1. The lowest BCUT2D eigenvalue weighted by Gasteiger charge is -2.29. The first-order valence-corrected chi connectivity index (χ1v) is 9.22. The van der Waals surface area contributed by atoms with Gasteiger partial charge < -0.3 is 14.2 Å². The van der Waals surface area contributed by atoms with Crippen molar-refractivity contribution in [1.29, 1.82) is 0 Å². The normalized spacial score (nSPS) is 13.4. The monoisotopic (exact) mass is 451 g/mol. The van der Waals surface area contributed by atoms with Crippen molar-refractivity contribution in [2.24, 2.45) is 0 Å². The highest BCUT2D eigenvalue weighted by molar-refractivity contribution is 9.10. The molecule has 0 saturated carbocycles. The van der Waals surface area contributed by atoms with Gasteiger partial charge in [0.1, 0.15) is 17.3 Å². The summed E-state index contributed by atoms with van der Waals surface area (Å²) in [4.78, 5) is 29.0. The molecule has 1 aromatic carbocycles. The van der Waals surface area contributed by atoms with Gasteiger partial charge in [-0.2, -0.15) is 0 Å². The van der Waals surface area contributed by atoms with Gasteiger partial charge in [-0.1, -0.05) is 0 Å². The molecule has 9 nitrogen and oxygen atoms in total. The lowest BCUT2D eigenvalue weighted by Crippen LogP contribution is -2.38. The molecular weight excluding hydrogens is 434 g/mol. The molecule has 28 heavy (non-hydrogen) atoms. The van der Waals surface area contributed by atoms with Crippen LogP contribution in [0.1, 0.15) is 24.0 Å². The SMILES string of the molecule is COC(OC)c1nc2c(cc1Br)CCCN2C(=O)Oc1ccc([N+](=O)[O-])cc1. The first-order chi connectivity index (χ1) is 13.4. The third-order valence-corrected chi connectivity index (χ3v) is 4.90. The molecule has 0 unspecified atom stereocenters. The number of nitro groups is 1. The number of nitrogens with zero attached hydrogens (tertiary/aromatic N) is 3. The van der Waals surface area contributed by atoms with E-state index >= 15 is 0 Å². The first-order valence-electron chi connectivity index (χ1n) is 8.43. The summed E-state index contributed by atoms with van der Waals surface area (Å²) >= 11 is 3.47. The minimum Gasteiger partial charge on any atom is -0.410 e. The van der Waals surface area contributed by atoms with Crippen LogP contribution in [-0.2, 0) is 15.9 Å². The molecule has 3 rings (SSSR count). The van der Waals surface area contributed by atoms with Crippen LogP contribution in [0.3, 0.4) is 0 Å². The van der Waals surface area contributed by atoms with Crippen LogP contribution in [0.4, 0.5) is 16.3 Å². The van der Waals surface area contributed by atoms with Gasteiger partial charge in [0, 0.05) is 37.4 Å². The molecule has 10 heteroatoms. The number of anilines is 1. The van der Waals surface area contributed by atoms with Gasteiger partial charge in [-0.15, -0.1) is 0 Å². The summed E-state index contributed by atoms with van der Waals surface area (Å²) in [5, 5.41) is 10.7. The third-order valence-electron chi connectivity index (χ3n) is 4.27. The highest BCUT2D eigenvalue weighted by Crippen LogP contribution is 2.33. The third kappa shape index (κ3) is 4.13. The molecule has 0 fully saturated rings. The van der Waals surface area contributed by atoms with Crippen molar-refractivity contribution >= 4 is 33.5 Å². The number of methoxy groups -OCH3 is 2. The fraction of sp³-hybridized carbons (Fsp3) is 0.333. The fourth-order valence-electron chi connectivity index (χ4n) is 2.94. The molecule has 0 N–H and O–H groups in total. The Balaban J connectivity index is 1.86. The maximum atomic E-state index is 12.7. The van der Waals surface area contributed by atoms with Crippen molar-refractivity contribution in [3.63, 3.8) is 0 Å². The maximum absolute atomic E-state index is 12.7. The Hall–Kier alpha value is -2.56. The Morgan fingerprint density at radius 2 is 1.96 bits per heavy atom. The Kier molecular flexibility index (Phi) is 6.22. The average Bonchev–Trinajstić information content (AvgIpc) is 2.69. The van der Waals surface area contributed by atoms with E-state index in [1.165, 1.54) is 43.4 Å². The number of carbonyl (C=O) groups is 1. The van der Waals surface area contributed by atoms with E-state index in [0.29, 0.717) is 18.1 Å². The van der Waals surface area contributed by atoms with Crippen LogP contribution in [0.25, 0.3) is 0 Å². The number of rotatable bonds is 5. The summed E-state index contributed by atoms with van der Waals surface area (Å²) in [6, 6.07) is 7.22. The number of fused-ring (bicyclic) bond motifs is 1. The van der Waals surface area contributed by atoms with Crippen molar-refractivity contribution in [2.45, 2.75) is 19.1 Å². The number of amides is 1. The van der Waals surface area contributed by atoms with Crippen LogP contribution in [0, 0.1) is 10.1 Å². The van der Waals surface area contributed by atoms with E-state index in [9.17, 15) is 14.9 Å². The standard InChI is InChI=1S/C18H18BrN3O6/c1-26-17(27-2)15-14(19)10-11-4-3-9-21(16(11)20-15)18(23)28-13-7-5-12(6-8-13)22(24)25/h5-8,10,17H,3-4,9H2,1-2H3. The van der Waals surface area contributed by atoms with Gasteiger partial charge in [0.15, 0.2) is 0 Å². The molecule has 2 aromatic rings. The molecule has 1 amide bonds. The van der Waals surface area contributed by atoms with E-state index in [1.54, 1.807) is 0 Å². The van der Waals surface area contributed by atoms with Crippen molar-refractivity contribution in [1.82, 2.24) is 4.98 Å². The van der Waals surface area contributed by atoms with E-state index in [-0.39, 0.29) is 11.4 Å². The maximum Gasteiger partial charge on any atom is 0.420 e. The number of carbonyl (C=O) groups excluding carboxylic acids is 1. The Labute approximate surface area is 169 Å². The van der Waals surface area contributed by atoms with E-state index in [2.05, 4.69) is 20.9 Å². The summed E-state index contributed by atoms with van der Waals surface area (Å²) < 4.78 is 16.7. The minimum absolute atomic E-state index is 0.0792. The number of nitro benzene ring substituents is 1. The Bertz CT molecular complexity index is 886. The number of benzene rings is 1. The second-order valence-electron chi connectivity index (χ2n) is 6.02. The minimum atomic E-state index is -0.686. The highest BCUT2D eigenvalue weighted by Gasteiger charge is 2.28. The number of pyridine rings is 1. The second-order valence-corrected chi connectivity index (χ2v) is 6.87. The molecular formula is C18H18BrN3O6. The molecule has 0 saturated heterocycles. The molecule has 1 aliphatic heterocycles. The molecule has 0 bridgehead atoms. The number of aromatic nitrogens is 1. The van der Waals surface area contributed by atoms with Gasteiger partial charge in [-0.25, -0.2) is 9.78 Å². The van der Waals surface area contributed by atoms with Crippen LogP contribution < -0.4 is 9.64 Å². The molecule has 1 aromatic heterocycles. The molecule has 0 aliphatic carbocycles. The van der Waals surface area contributed by atoms with Crippen molar-refractivity contribution in [3.05, 3.63) is 56.2 Å². The second kappa shape index (κ2) is 8.63. The van der Waals surface area contributed by atoms with E-state index in [1.807, 2.05) is 6.07 Å². The Morgan fingerprint density at radius 1 is 1.29 bits per heavy atom. The number of non-ortho nitro benzene ring substituents is 1. The van der Waals surface area contributed by atoms with Crippen LogP contribution in [0.2, 0.25) is 0 Å². The quantitative estimate of drug-likeness (QED) is 0.384. The largest absolute Gasteiger partial charge is 0.420 e. The van der Waals surface area contributed by atoms with Gasteiger partial charge in [0.2, 0.25) is 6.29 Å². The van der Waals surface area contributed by atoms with E-state index in [0.717, 1.165) is 22.9 Å².